The summed E-state index contributed by atoms with van der Waals surface area (Å²) in [4.78, 5) is 10.0. The lowest BCUT2D eigenvalue weighted by molar-refractivity contribution is -0.131. The zero-order valence-electron chi connectivity index (χ0n) is 7.56. The highest BCUT2D eigenvalue weighted by atomic mass is 32.2. The van der Waals surface area contributed by atoms with E-state index in [4.69, 9.17) is 5.11 Å². The minimum atomic E-state index is -3.31. The smallest absolute Gasteiger partial charge is 0.329 e. The van der Waals surface area contributed by atoms with E-state index in [0.717, 1.165) is 18.2 Å². The van der Waals surface area contributed by atoms with Crippen LogP contribution in [0.25, 0.3) is 0 Å². The Kier molecular flexibility index (Phi) is 5.37. The number of unbranched alkanes of at least 4 members (excludes halogenated alkanes) is 2. The van der Waals surface area contributed by atoms with Gasteiger partial charge in [-0.15, -0.1) is 0 Å². The number of carboxylic acids is 1. The van der Waals surface area contributed by atoms with Crippen LogP contribution in [-0.2, 0) is 14.6 Å². The maximum Gasteiger partial charge on any atom is 0.329 e. The van der Waals surface area contributed by atoms with Gasteiger partial charge in [0.1, 0.15) is 0 Å². The van der Waals surface area contributed by atoms with Gasteiger partial charge < -0.3 is 5.11 Å². The molecule has 0 saturated carbocycles. The molecule has 0 unspecified atom stereocenters. The first-order valence-electron chi connectivity index (χ1n) is 4.11. The molecule has 0 saturated heterocycles. The molecule has 0 fully saturated rings. The third kappa shape index (κ3) is 7.52. The summed E-state index contributed by atoms with van der Waals surface area (Å²) >= 11 is 0. The van der Waals surface area contributed by atoms with E-state index in [1.807, 2.05) is 6.92 Å². The van der Waals surface area contributed by atoms with E-state index in [9.17, 15) is 13.2 Å². The number of hydrogen-bond donors (Lipinski definition) is 1. The molecule has 76 valence electrons. The topological polar surface area (TPSA) is 71.4 Å². The fraction of sp³-hybridized carbons (Fsp3) is 0.625. The molecule has 0 aliphatic rings. The zero-order valence-corrected chi connectivity index (χ0v) is 8.38. The molecule has 0 aliphatic heterocycles. The van der Waals surface area contributed by atoms with Gasteiger partial charge in [-0.1, -0.05) is 19.8 Å². The molecule has 0 aromatic heterocycles. The Morgan fingerprint density at radius 1 is 1.38 bits per heavy atom. The summed E-state index contributed by atoms with van der Waals surface area (Å²) in [5.41, 5.74) is 0. The number of carboxylic acid groups (broad SMARTS) is 1. The summed E-state index contributed by atoms with van der Waals surface area (Å²) in [7, 11) is -3.31. The van der Waals surface area contributed by atoms with Crippen LogP contribution >= 0.6 is 0 Å². The van der Waals surface area contributed by atoms with Crippen molar-refractivity contribution < 1.29 is 18.3 Å². The molecule has 0 atom stereocenters. The Hall–Kier alpha value is -0.840. The Bertz CT molecular complexity index is 277. The van der Waals surface area contributed by atoms with Crippen molar-refractivity contribution in [3.8, 4) is 0 Å². The van der Waals surface area contributed by atoms with Gasteiger partial charge in [0.05, 0.1) is 5.75 Å². The zero-order chi connectivity index (χ0) is 10.3. The van der Waals surface area contributed by atoms with Crippen molar-refractivity contribution in [2.24, 2.45) is 0 Å². The number of carbonyl (C=O) groups is 1. The second kappa shape index (κ2) is 5.75. The van der Waals surface area contributed by atoms with Crippen LogP contribution in [0.1, 0.15) is 26.2 Å². The second-order valence-corrected chi connectivity index (χ2v) is 4.72. The molecule has 0 spiro atoms. The SMILES string of the molecule is CCCCCS(=O)(=O)C=CC(=O)O. The Morgan fingerprint density at radius 2 is 2.00 bits per heavy atom. The molecule has 0 aromatic carbocycles. The largest absolute Gasteiger partial charge is 0.478 e. The van der Waals surface area contributed by atoms with E-state index < -0.39 is 15.8 Å². The molecule has 0 aromatic rings. The van der Waals surface area contributed by atoms with Gasteiger partial charge >= 0.3 is 5.97 Å². The number of hydrogen-bond acceptors (Lipinski definition) is 3. The van der Waals surface area contributed by atoms with E-state index in [1.165, 1.54) is 0 Å². The number of rotatable bonds is 6. The van der Waals surface area contributed by atoms with Crippen LogP contribution < -0.4 is 0 Å². The van der Waals surface area contributed by atoms with E-state index >= 15 is 0 Å². The predicted octanol–water partition coefficient (Wildman–Crippen LogP) is 1.19. The third-order valence-corrected chi connectivity index (χ3v) is 2.86. The molecule has 0 heterocycles. The molecule has 0 aliphatic carbocycles. The van der Waals surface area contributed by atoms with Crippen LogP contribution in [0, 0.1) is 0 Å². The van der Waals surface area contributed by atoms with Crippen LogP contribution in [0.4, 0.5) is 0 Å². The van der Waals surface area contributed by atoms with Gasteiger partial charge in [-0.05, 0) is 6.42 Å². The fourth-order valence-corrected chi connectivity index (χ4v) is 1.85. The van der Waals surface area contributed by atoms with Gasteiger partial charge in [0.25, 0.3) is 0 Å². The minimum absolute atomic E-state index is 0.0324. The molecule has 5 heteroatoms. The summed E-state index contributed by atoms with van der Waals surface area (Å²) in [6, 6.07) is 0. The van der Waals surface area contributed by atoms with Gasteiger partial charge in [0.15, 0.2) is 9.84 Å². The Labute approximate surface area is 78.2 Å². The van der Waals surface area contributed by atoms with Crippen LogP contribution in [0.2, 0.25) is 0 Å². The maximum atomic E-state index is 11.1. The van der Waals surface area contributed by atoms with Crippen molar-refractivity contribution in [1.82, 2.24) is 0 Å². The summed E-state index contributed by atoms with van der Waals surface area (Å²) in [6.45, 7) is 1.97. The third-order valence-electron chi connectivity index (χ3n) is 1.45. The molecule has 0 amide bonds. The van der Waals surface area contributed by atoms with Gasteiger partial charge in [0.2, 0.25) is 0 Å². The fourth-order valence-electron chi connectivity index (χ4n) is 0.783. The normalized spacial score (nSPS) is 12.1. The van der Waals surface area contributed by atoms with Crippen LogP contribution in [0.3, 0.4) is 0 Å². The molecular weight excluding hydrogens is 192 g/mol. The maximum absolute atomic E-state index is 11.1. The van der Waals surface area contributed by atoms with E-state index in [0.29, 0.717) is 12.5 Å². The van der Waals surface area contributed by atoms with E-state index in [-0.39, 0.29) is 5.75 Å². The van der Waals surface area contributed by atoms with Crippen LogP contribution in [0.15, 0.2) is 11.5 Å². The minimum Gasteiger partial charge on any atom is -0.478 e. The molecule has 13 heavy (non-hydrogen) atoms. The quantitative estimate of drug-likeness (QED) is 0.523. The summed E-state index contributed by atoms with van der Waals surface area (Å²) in [5, 5.41) is 8.95. The van der Waals surface area contributed by atoms with Crippen molar-refractivity contribution >= 4 is 15.8 Å². The van der Waals surface area contributed by atoms with Crippen molar-refractivity contribution in [1.29, 1.82) is 0 Å². The average molecular weight is 206 g/mol. The molecule has 0 rings (SSSR count). The summed E-state index contributed by atoms with van der Waals surface area (Å²) < 4.78 is 22.1. The monoisotopic (exact) mass is 206 g/mol. The highest BCUT2D eigenvalue weighted by molar-refractivity contribution is 7.94. The van der Waals surface area contributed by atoms with Crippen molar-refractivity contribution in [2.75, 3.05) is 5.75 Å². The first-order valence-corrected chi connectivity index (χ1v) is 5.83. The standard InChI is InChI=1S/C8H14O4S/c1-2-3-4-6-13(11,12)7-5-8(9)10/h5,7H,2-4,6H2,1H3,(H,9,10). The Balaban J connectivity index is 4.02. The predicted molar refractivity (Wildman–Crippen MR) is 50.1 cm³/mol. The first-order chi connectivity index (χ1) is 5.98. The average Bonchev–Trinajstić information content (AvgIpc) is 2.02. The van der Waals surface area contributed by atoms with Crippen LogP contribution in [0.5, 0.6) is 0 Å². The molecule has 0 bridgehead atoms. The molecular formula is C8H14O4S. The molecule has 4 nitrogen and oxygen atoms in total. The first kappa shape index (κ1) is 12.2. The van der Waals surface area contributed by atoms with Gasteiger partial charge in [-0.25, -0.2) is 13.2 Å². The second-order valence-electron chi connectivity index (χ2n) is 2.72. The van der Waals surface area contributed by atoms with Gasteiger partial charge in [-0.2, -0.15) is 0 Å². The van der Waals surface area contributed by atoms with Gasteiger partial charge in [0, 0.05) is 11.5 Å². The lowest BCUT2D eigenvalue weighted by Gasteiger charge is -1.96. The van der Waals surface area contributed by atoms with Crippen molar-refractivity contribution in [3.05, 3.63) is 11.5 Å². The highest BCUT2D eigenvalue weighted by Crippen LogP contribution is 2.01. The van der Waals surface area contributed by atoms with Crippen LogP contribution in [-0.4, -0.2) is 25.2 Å². The summed E-state index contributed by atoms with van der Waals surface area (Å²) in [6.07, 6.45) is 3.03. The van der Waals surface area contributed by atoms with Crippen molar-refractivity contribution in [2.45, 2.75) is 26.2 Å². The summed E-state index contributed by atoms with van der Waals surface area (Å²) in [5.74, 6) is -1.20. The van der Waals surface area contributed by atoms with E-state index in [2.05, 4.69) is 0 Å². The molecule has 1 N–H and O–H groups in total. The molecule has 0 radical (unpaired) electrons. The van der Waals surface area contributed by atoms with Gasteiger partial charge in [-0.3, -0.25) is 0 Å². The number of sulfone groups is 1. The van der Waals surface area contributed by atoms with E-state index in [1.54, 1.807) is 0 Å². The lowest BCUT2D eigenvalue weighted by atomic mass is 10.3. The lowest BCUT2D eigenvalue weighted by Crippen LogP contribution is -2.03. The Morgan fingerprint density at radius 3 is 2.46 bits per heavy atom. The number of aliphatic carboxylic acids is 1. The highest BCUT2D eigenvalue weighted by Gasteiger charge is 2.05. The van der Waals surface area contributed by atoms with Crippen molar-refractivity contribution in [3.63, 3.8) is 0 Å².